The van der Waals surface area contributed by atoms with Crippen molar-refractivity contribution in [1.29, 1.82) is 0 Å². The molecule has 0 aliphatic heterocycles. The Hall–Kier alpha value is -0.830. The molecule has 3 heteroatoms. The van der Waals surface area contributed by atoms with E-state index >= 15 is 0 Å². The topological polar surface area (TPSA) is 54.7 Å². The number of rotatable bonds is 4. The zero-order valence-corrected chi connectivity index (χ0v) is 9.93. The maximum Gasteiger partial charge on any atom is 0.114 e. The molecule has 0 bridgehead atoms. The van der Waals surface area contributed by atoms with Crippen molar-refractivity contribution in [3.05, 3.63) is 17.2 Å². The molecule has 1 aliphatic carbocycles. The third kappa shape index (κ3) is 1.93. The number of hydrogen-bond acceptors (Lipinski definition) is 2. The van der Waals surface area contributed by atoms with Crippen LogP contribution in [-0.2, 0) is 11.8 Å². The Morgan fingerprint density at radius 2 is 2.13 bits per heavy atom. The lowest BCUT2D eigenvalue weighted by Crippen LogP contribution is -2.21. The van der Waals surface area contributed by atoms with Crippen LogP contribution in [0.5, 0.6) is 0 Å². The maximum atomic E-state index is 5.80. The fraction of sp³-hybridized carbons (Fsp3) is 0.750. The Kier molecular flexibility index (Phi) is 2.59. The Morgan fingerprint density at radius 3 is 2.60 bits per heavy atom. The van der Waals surface area contributed by atoms with E-state index in [2.05, 4.69) is 25.8 Å². The van der Waals surface area contributed by atoms with Gasteiger partial charge in [-0.15, -0.1) is 0 Å². The number of aromatic nitrogens is 2. The van der Waals surface area contributed by atoms with Gasteiger partial charge in [0.15, 0.2) is 0 Å². The summed E-state index contributed by atoms with van der Waals surface area (Å²) in [4.78, 5) is 8.13. The molecule has 0 saturated heterocycles. The van der Waals surface area contributed by atoms with Gasteiger partial charge in [-0.3, -0.25) is 0 Å². The normalized spacial score (nSPS) is 18.5. The first-order chi connectivity index (χ1) is 7.07. The lowest BCUT2D eigenvalue weighted by atomic mass is 10.1. The summed E-state index contributed by atoms with van der Waals surface area (Å²) in [5, 5.41) is 0. The van der Waals surface area contributed by atoms with Crippen molar-refractivity contribution in [2.45, 2.75) is 45.4 Å². The van der Waals surface area contributed by atoms with Crippen LogP contribution in [0.1, 0.15) is 43.9 Å². The van der Waals surface area contributed by atoms with Crippen molar-refractivity contribution in [1.82, 2.24) is 9.97 Å². The van der Waals surface area contributed by atoms with E-state index in [1.165, 1.54) is 24.2 Å². The minimum absolute atomic E-state index is 0.194. The minimum atomic E-state index is 0.194. The van der Waals surface area contributed by atoms with Gasteiger partial charge in [-0.05, 0) is 32.1 Å². The molecule has 0 unspecified atom stereocenters. The van der Waals surface area contributed by atoms with Gasteiger partial charge in [0.1, 0.15) is 5.82 Å². The standard InChI is InChI=1S/C12H21N3/c1-8(2)6-10-9(3)14-11(15-10)12(7-13)4-5-12/h8H,4-7,13H2,1-3H3,(H,14,15). The summed E-state index contributed by atoms with van der Waals surface area (Å²) in [6.45, 7) is 7.29. The molecule has 1 aromatic rings. The van der Waals surface area contributed by atoms with Crippen molar-refractivity contribution in [3.63, 3.8) is 0 Å². The second kappa shape index (κ2) is 3.63. The highest BCUT2D eigenvalue weighted by Crippen LogP contribution is 2.45. The van der Waals surface area contributed by atoms with Crippen LogP contribution in [0.3, 0.4) is 0 Å². The average molecular weight is 207 g/mol. The zero-order valence-electron chi connectivity index (χ0n) is 9.93. The van der Waals surface area contributed by atoms with E-state index in [0.29, 0.717) is 5.92 Å². The molecular weight excluding hydrogens is 186 g/mol. The van der Waals surface area contributed by atoms with Crippen LogP contribution < -0.4 is 5.73 Å². The fourth-order valence-electron chi connectivity index (χ4n) is 2.02. The van der Waals surface area contributed by atoms with Gasteiger partial charge in [0.05, 0.1) is 5.69 Å². The molecule has 0 amide bonds. The van der Waals surface area contributed by atoms with Crippen LogP contribution in [0.25, 0.3) is 0 Å². The number of aromatic amines is 1. The largest absolute Gasteiger partial charge is 0.345 e. The van der Waals surface area contributed by atoms with Crippen LogP contribution in [0.2, 0.25) is 0 Å². The number of nitrogens with one attached hydrogen (secondary N) is 1. The van der Waals surface area contributed by atoms with Gasteiger partial charge >= 0.3 is 0 Å². The van der Waals surface area contributed by atoms with Crippen LogP contribution >= 0.6 is 0 Å². The van der Waals surface area contributed by atoms with Crippen molar-refractivity contribution < 1.29 is 0 Å². The third-order valence-corrected chi connectivity index (χ3v) is 3.33. The number of nitrogens with two attached hydrogens (primary N) is 1. The van der Waals surface area contributed by atoms with Gasteiger partial charge in [0.25, 0.3) is 0 Å². The maximum absolute atomic E-state index is 5.80. The van der Waals surface area contributed by atoms with E-state index in [0.717, 1.165) is 18.8 Å². The second-order valence-electron chi connectivity index (χ2n) is 5.24. The monoisotopic (exact) mass is 207 g/mol. The molecule has 3 nitrogen and oxygen atoms in total. The molecular formula is C12H21N3. The summed E-state index contributed by atoms with van der Waals surface area (Å²) in [6.07, 6.45) is 3.44. The minimum Gasteiger partial charge on any atom is -0.345 e. The van der Waals surface area contributed by atoms with Crippen molar-refractivity contribution in [2.24, 2.45) is 11.7 Å². The van der Waals surface area contributed by atoms with Crippen molar-refractivity contribution in [3.8, 4) is 0 Å². The number of aryl methyl sites for hydroxylation is 1. The first-order valence-corrected chi connectivity index (χ1v) is 5.83. The van der Waals surface area contributed by atoms with Crippen LogP contribution in [0, 0.1) is 12.8 Å². The predicted octanol–water partition coefficient (Wildman–Crippen LogP) is 1.91. The molecule has 1 saturated carbocycles. The number of nitrogens with zero attached hydrogens (tertiary/aromatic N) is 1. The van der Waals surface area contributed by atoms with Gasteiger partial charge in [-0.1, -0.05) is 13.8 Å². The molecule has 84 valence electrons. The van der Waals surface area contributed by atoms with Gasteiger partial charge in [0.2, 0.25) is 0 Å². The molecule has 1 aliphatic rings. The van der Waals surface area contributed by atoms with Gasteiger partial charge in [0, 0.05) is 17.7 Å². The van der Waals surface area contributed by atoms with E-state index in [4.69, 9.17) is 10.7 Å². The highest BCUT2D eigenvalue weighted by Gasteiger charge is 2.45. The molecule has 15 heavy (non-hydrogen) atoms. The third-order valence-electron chi connectivity index (χ3n) is 3.33. The van der Waals surface area contributed by atoms with E-state index in [-0.39, 0.29) is 5.41 Å². The molecule has 0 radical (unpaired) electrons. The second-order valence-corrected chi connectivity index (χ2v) is 5.24. The highest BCUT2D eigenvalue weighted by molar-refractivity contribution is 5.25. The molecule has 1 heterocycles. The highest BCUT2D eigenvalue weighted by atomic mass is 15.0. The molecule has 0 spiro atoms. The Labute approximate surface area is 91.5 Å². The lowest BCUT2D eigenvalue weighted by molar-refractivity contribution is 0.624. The van der Waals surface area contributed by atoms with Crippen LogP contribution in [-0.4, -0.2) is 16.5 Å². The predicted molar refractivity (Wildman–Crippen MR) is 61.8 cm³/mol. The number of H-pyrrole nitrogens is 1. The molecule has 0 aromatic carbocycles. The Balaban J connectivity index is 2.21. The summed E-state index contributed by atoms with van der Waals surface area (Å²) in [6, 6.07) is 0. The molecule has 0 atom stereocenters. The smallest absolute Gasteiger partial charge is 0.114 e. The number of hydrogen-bond donors (Lipinski definition) is 2. The fourth-order valence-corrected chi connectivity index (χ4v) is 2.02. The van der Waals surface area contributed by atoms with Crippen LogP contribution in [0.4, 0.5) is 0 Å². The summed E-state index contributed by atoms with van der Waals surface area (Å²) >= 11 is 0. The van der Waals surface area contributed by atoms with E-state index in [1.54, 1.807) is 0 Å². The first-order valence-electron chi connectivity index (χ1n) is 5.83. The molecule has 2 rings (SSSR count). The summed E-state index contributed by atoms with van der Waals surface area (Å²) in [5.41, 5.74) is 8.44. The van der Waals surface area contributed by atoms with Crippen molar-refractivity contribution >= 4 is 0 Å². The molecule has 3 N–H and O–H groups in total. The van der Waals surface area contributed by atoms with Gasteiger partial charge in [-0.2, -0.15) is 0 Å². The van der Waals surface area contributed by atoms with Crippen molar-refractivity contribution in [2.75, 3.05) is 6.54 Å². The first kappa shape index (κ1) is 10.7. The summed E-state index contributed by atoms with van der Waals surface area (Å²) in [5.74, 6) is 1.78. The van der Waals surface area contributed by atoms with Gasteiger partial charge in [-0.25, -0.2) is 4.98 Å². The van der Waals surface area contributed by atoms with E-state index < -0.39 is 0 Å². The Morgan fingerprint density at radius 1 is 1.47 bits per heavy atom. The van der Waals surface area contributed by atoms with Gasteiger partial charge < -0.3 is 10.7 Å². The Bertz CT molecular complexity index is 348. The van der Waals surface area contributed by atoms with E-state index in [1.807, 2.05) is 0 Å². The van der Waals surface area contributed by atoms with E-state index in [9.17, 15) is 0 Å². The SMILES string of the molecule is Cc1[nH]c(C2(CN)CC2)nc1CC(C)C. The lowest BCUT2D eigenvalue weighted by Gasteiger charge is -2.07. The quantitative estimate of drug-likeness (QED) is 0.792. The van der Waals surface area contributed by atoms with Crippen LogP contribution in [0.15, 0.2) is 0 Å². The molecule has 1 fully saturated rings. The summed E-state index contributed by atoms with van der Waals surface area (Å²) < 4.78 is 0. The summed E-state index contributed by atoms with van der Waals surface area (Å²) in [7, 11) is 0. The number of imidazole rings is 1. The molecule has 1 aromatic heterocycles. The zero-order chi connectivity index (χ0) is 11.1. The average Bonchev–Trinajstić information content (AvgIpc) is 2.88.